The number of halogens is 1. The molecular weight excluding hydrogens is 406 g/mol. The Morgan fingerprint density at radius 1 is 1.37 bits per heavy atom. The third kappa shape index (κ3) is 4.33. The van der Waals surface area contributed by atoms with Gasteiger partial charge in [-0.2, -0.15) is 0 Å². The minimum Gasteiger partial charge on any atom is -0.380 e. The van der Waals surface area contributed by atoms with Gasteiger partial charge in [0.2, 0.25) is 0 Å². The Morgan fingerprint density at radius 3 is 2.85 bits per heavy atom. The molecule has 0 saturated heterocycles. The highest BCUT2D eigenvalue weighted by atomic mass is 79.9. The number of methoxy groups -OCH3 is 1. The minimum absolute atomic E-state index is 0.0710. The fourth-order valence-corrected chi connectivity index (χ4v) is 3.93. The highest BCUT2D eigenvalue weighted by Crippen LogP contribution is 2.28. The van der Waals surface area contributed by atoms with Crippen molar-refractivity contribution in [3.63, 3.8) is 0 Å². The van der Waals surface area contributed by atoms with Crippen LogP contribution in [0.15, 0.2) is 45.0 Å². The van der Waals surface area contributed by atoms with Crippen molar-refractivity contribution in [3.8, 4) is 0 Å². The van der Waals surface area contributed by atoms with E-state index in [0.29, 0.717) is 31.3 Å². The lowest BCUT2D eigenvalue weighted by Crippen LogP contribution is -2.29. The van der Waals surface area contributed by atoms with Crippen LogP contribution in [0.4, 0.5) is 0 Å². The van der Waals surface area contributed by atoms with Crippen LogP contribution in [0.1, 0.15) is 43.6 Å². The van der Waals surface area contributed by atoms with Gasteiger partial charge in [-0.15, -0.1) is 0 Å². The summed E-state index contributed by atoms with van der Waals surface area (Å²) < 4.78 is 8.39. The Kier molecular flexibility index (Phi) is 6.17. The van der Waals surface area contributed by atoms with Crippen molar-refractivity contribution < 1.29 is 9.53 Å². The van der Waals surface area contributed by atoms with Crippen molar-refractivity contribution in [2.75, 3.05) is 26.8 Å². The minimum atomic E-state index is -0.0710. The number of aromatic nitrogens is 1. The first-order chi connectivity index (χ1) is 12.9. The molecule has 144 valence electrons. The SMILES string of the molecule is COCC1=C(CNC(=O)c2cc(Br)cc3c2ccn3C(C)C)CN=C(C)C1. The van der Waals surface area contributed by atoms with Gasteiger partial charge >= 0.3 is 0 Å². The van der Waals surface area contributed by atoms with Gasteiger partial charge in [0, 0.05) is 53.4 Å². The number of ether oxygens (including phenoxy) is 1. The first-order valence-corrected chi connectivity index (χ1v) is 9.97. The number of aliphatic imine (C=N–C) groups is 1. The summed E-state index contributed by atoms with van der Waals surface area (Å²) in [5.41, 5.74) is 5.21. The second kappa shape index (κ2) is 8.40. The standard InChI is InChI=1S/C21H26BrN3O2/c1-13(2)25-6-5-18-19(8-17(22)9-20(18)25)21(26)24-11-16-10-23-14(3)7-15(16)12-27-4/h5-6,8-9,13H,7,10-12H2,1-4H3,(H,24,26). The van der Waals surface area contributed by atoms with Crippen molar-refractivity contribution >= 4 is 38.5 Å². The molecule has 1 aromatic heterocycles. The number of dihydropyridines is 1. The molecule has 0 unspecified atom stereocenters. The summed E-state index contributed by atoms with van der Waals surface area (Å²) in [6.07, 6.45) is 2.85. The van der Waals surface area contributed by atoms with Crippen LogP contribution in [0.3, 0.4) is 0 Å². The monoisotopic (exact) mass is 431 g/mol. The zero-order chi connectivity index (χ0) is 19.6. The molecule has 1 N–H and O–H groups in total. The van der Waals surface area contributed by atoms with E-state index in [4.69, 9.17) is 4.74 Å². The fraction of sp³-hybridized carbons (Fsp3) is 0.429. The van der Waals surface area contributed by atoms with E-state index in [1.54, 1.807) is 7.11 Å². The van der Waals surface area contributed by atoms with E-state index in [2.05, 4.69) is 50.7 Å². The number of nitrogens with zero attached hydrogens (tertiary/aromatic N) is 2. The molecule has 0 bridgehead atoms. The molecule has 3 rings (SSSR count). The molecule has 1 aliphatic heterocycles. The maximum absolute atomic E-state index is 12.9. The molecule has 1 aromatic carbocycles. The molecule has 1 amide bonds. The number of rotatable bonds is 6. The molecule has 1 aliphatic rings. The van der Waals surface area contributed by atoms with E-state index >= 15 is 0 Å². The van der Waals surface area contributed by atoms with Gasteiger partial charge in [0.05, 0.1) is 18.7 Å². The topological polar surface area (TPSA) is 55.6 Å². The molecule has 0 aliphatic carbocycles. The Bertz CT molecular complexity index is 925. The van der Waals surface area contributed by atoms with Crippen LogP contribution in [-0.4, -0.2) is 43.0 Å². The van der Waals surface area contributed by atoms with Gasteiger partial charge in [-0.1, -0.05) is 15.9 Å². The maximum atomic E-state index is 12.9. The van der Waals surface area contributed by atoms with Gasteiger partial charge in [-0.3, -0.25) is 9.79 Å². The number of fused-ring (bicyclic) bond motifs is 1. The predicted octanol–water partition coefficient (Wildman–Crippen LogP) is 4.52. The van der Waals surface area contributed by atoms with Gasteiger partial charge in [0.15, 0.2) is 0 Å². The molecule has 5 nitrogen and oxygen atoms in total. The zero-order valence-electron chi connectivity index (χ0n) is 16.3. The molecular formula is C21H26BrN3O2. The van der Waals surface area contributed by atoms with Gasteiger partial charge in [0.25, 0.3) is 5.91 Å². The summed E-state index contributed by atoms with van der Waals surface area (Å²) in [5.74, 6) is -0.0710. The number of carbonyl (C=O) groups is 1. The normalized spacial score (nSPS) is 14.8. The Balaban J connectivity index is 1.83. The summed E-state index contributed by atoms with van der Waals surface area (Å²) in [5, 5.41) is 4.04. The highest BCUT2D eigenvalue weighted by molar-refractivity contribution is 9.10. The Morgan fingerprint density at radius 2 is 2.15 bits per heavy atom. The second-order valence-electron chi connectivity index (χ2n) is 7.25. The maximum Gasteiger partial charge on any atom is 0.252 e. The van der Waals surface area contributed by atoms with Crippen LogP contribution < -0.4 is 5.32 Å². The Hall–Kier alpha value is -1.92. The van der Waals surface area contributed by atoms with E-state index in [0.717, 1.165) is 33.1 Å². The van der Waals surface area contributed by atoms with E-state index in [1.165, 1.54) is 5.57 Å². The summed E-state index contributed by atoms with van der Waals surface area (Å²) >= 11 is 3.55. The molecule has 2 heterocycles. The predicted molar refractivity (Wildman–Crippen MR) is 114 cm³/mol. The average molecular weight is 432 g/mol. The number of benzene rings is 1. The second-order valence-corrected chi connectivity index (χ2v) is 8.17. The lowest BCUT2D eigenvalue weighted by Gasteiger charge is -2.19. The number of carbonyl (C=O) groups excluding carboxylic acids is 1. The molecule has 6 heteroatoms. The number of nitrogens with one attached hydrogen (secondary N) is 1. The van der Waals surface area contributed by atoms with Crippen molar-refractivity contribution in [3.05, 3.63) is 45.6 Å². The lowest BCUT2D eigenvalue weighted by atomic mass is 10.00. The third-order valence-corrected chi connectivity index (χ3v) is 5.35. The van der Waals surface area contributed by atoms with Gasteiger partial charge in [0.1, 0.15) is 0 Å². The van der Waals surface area contributed by atoms with Gasteiger partial charge in [-0.05, 0) is 50.1 Å². The number of hydrogen-bond acceptors (Lipinski definition) is 3. The summed E-state index contributed by atoms with van der Waals surface area (Å²) in [7, 11) is 1.70. The summed E-state index contributed by atoms with van der Waals surface area (Å²) in [4.78, 5) is 17.5. The van der Waals surface area contributed by atoms with Crippen LogP contribution in [0.25, 0.3) is 10.9 Å². The molecule has 0 radical (unpaired) electrons. The van der Waals surface area contributed by atoms with Crippen molar-refractivity contribution in [2.24, 2.45) is 4.99 Å². The number of hydrogen-bond donors (Lipinski definition) is 1. The summed E-state index contributed by atoms with van der Waals surface area (Å²) in [6, 6.07) is 6.29. The summed E-state index contributed by atoms with van der Waals surface area (Å²) in [6.45, 7) is 8.00. The fourth-order valence-electron chi connectivity index (χ4n) is 3.49. The molecule has 0 saturated carbocycles. The smallest absolute Gasteiger partial charge is 0.252 e. The first-order valence-electron chi connectivity index (χ1n) is 9.17. The van der Waals surface area contributed by atoms with Gasteiger partial charge < -0.3 is 14.6 Å². The molecule has 2 aromatic rings. The largest absolute Gasteiger partial charge is 0.380 e. The third-order valence-electron chi connectivity index (χ3n) is 4.89. The van der Waals surface area contributed by atoms with E-state index in [9.17, 15) is 4.79 Å². The number of amides is 1. The molecule has 0 spiro atoms. The van der Waals surface area contributed by atoms with Crippen LogP contribution in [0.5, 0.6) is 0 Å². The van der Waals surface area contributed by atoms with Crippen molar-refractivity contribution in [1.29, 1.82) is 0 Å². The van der Waals surface area contributed by atoms with Crippen LogP contribution in [0, 0.1) is 0 Å². The van der Waals surface area contributed by atoms with Crippen molar-refractivity contribution in [1.82, 2.24) is 9.88 Å². The lowest BCUT2D eigenvalue weighted by molar-refractivity contribution is 0.0958. The first kappa shape index (κ1) is 19.8. The van der Waals surface area contributed by atoms with Crippen molar-refractivity contribution in [2.45, 2.75) is 33.2 Å². The van der Waals surface area contributed by atoms with Crippen LogP contribution in [-0.2, 0) is 4.74 Å². The van der Waals surface area contributed by atoms with E-state index in [-0.39, 0.29) is 5.91 Å². The Labute approximate surface area is 168 Å². The van der Waals surface area contributed by atoms with Gasteiger partial charge in [-0.25, -0.2) is 0 Å². The molecule has 0 fully saturated rings. The zero-order valence-corrected chi connectivity index (χ0v) is 17.9. The highest BCUT2D eigenvalue weighted by Gasteiger charge is 2.17. The quantitative estimate of drug-likeness (QED) is 0.683. The van der Waals surface area contributed by atoms with Crippen LogP contribution in [0.2, 0.25) is 0 Å². The molecule has 27 heavy (non-hydrogen) atoms. The van der Waals surface area contributed by atoms with Crippen LogP contribution >= 0.6 is 15.9 Å². The molecule has 0 atom stereocenters. The van der Waals surface area contributed by atoms with E-state index < -0.39 is 0 Å². The van der Waals surface area contributed by atoms with E-state index in [1.807, 2.05) is 25.3 Å². The average Bonchev–Trinajstić information content (AvgIpc) is 3.04.